The van der Waals surface area contributed by atoms with Gasteiger partial charge >= 0.3 is 18.5 Å². The number of carbonyl (C=O) groups excluding carboxylic acids is 3. The molecule has 9 aromatic heterocycles. The van der Waals surface area contributed by atoms with E-state index < -0.39 is 170 Å². The smallest absolute Gasteiger partial charge is 0.396 e. The lowest BCUT2D eigenvalue weighted by atomic mass is 10.00. The number of aryl methyl sites for hydroxylation is 3. The van der Waals surface area contributed by atoms with Crippen LogP contribution in [0.15, 0.2) is 107 Å². The number of amides is 3. The molecule has 3 aliphatic heterocycles. The predicted octanol–water partition coefficient (Wildman–Crippen LogP) is 18.8. The van der Waals surface area contributed by atoms with Gasteiger partial charge in [0.25, 0.3) is 16.7 Å². The van der Waals surface area contributed by atoms with E-state index in [0.717, 1.165) is 50.1 Å². The molecule has 6 N–H and O–H groups in total. The monoisotopic (exact) mass is 2070 g/mol. The van der Waals surface area contributed by atoms with Crippen molar-refractivity contribution in [2.45, 2.75) is 98.6 Å². The number of halogens is 21. The Hall–Kier alpha value is -15.3. The normalized spacial score (nSPS) is 13.7. The van der Waals surface area contributed by atoms with Gasteiger partial charge in [0.1, 0.15) is 86.0 Å². The van der Waals surface area contributed by atoms with Crippen LogP contribution in [0.4, 0.5) is 113 Å². The molecule has 3 fully saturated rings. The lowest BCUT2D eigenvalue weighted by Crippen LogP contribution is -2.49. The predicted molar refractivity (Wildman–Crippen MR) is 502 cm³/mol. The van der Waals surface area contributed by atoms with Gasteiger partial charge in [-0.25, -0.2) is 54.5 Å². The lowest BCUT2D eigenvalue weighted by Gasteiger charge is -2.36. The summed E-state index contributed by atoms with van der Waals surface area (Å²) in [5.41, 5.74) is -2.38. The van der Waals surface area contributed by atoms with Crippen molar-refractivity contribution in [1.29, 1.82) is 15.8 Å². The van der Waals surface area contributed by atoms with Crippen LogP contribution in [0.5, 0.6) is 0 Å². The molecule has 0 bridgehead atoms. The van der Waals surface area contributed by atoms with Crippen molar-refractivity contribution in [3.8, 4) is 69.0 Å². The fourth-order valence-electron chi connectivity index (χ4n) is 17.4. The second kappa shape index (κ2) is 40.6. The molecule has 0 saturated carbocycles. The van der Waals surface area contributed by atoms with Gasteiger partial charge in [-0.05, 0) is 110 Å². The highest BCUT2D eigenvalue weighted by Crippen LogP contribution is 2.51. The summed E-state index contributed by atoms with van der Waals surface area (Å²) in [5.74, 6) is -22.9. The Morgan fingerprint density at radius 3 is 0.778 bits per heavy atom. The maximum atomic E-state index is 15.6. The number of carbonyl (C=O) groups is 3. The van der Waals surface area contributed by atoms with Crippen molar-refractivity contribution in [2.24, 2.45) is 0 Å². The minimum absolute atomic E-state index is 0.0407. The Balaban J connectivity index is 0.000000181. The molecular formula is C96H78Cl3F18N21O6. The maximum absolute atomic E-state index is 15.6. The number of hydrogen-bond acceptors (Lipinski definition) is 21. The van der Waals surface area contributed by atoms with Crippen LogP contribution < -0.4 is 48.6 Å². The minimum Gasteiger partial charge on any atom is -0.396 e. The van der Waals surface area contributed by atoms with E-state index in [4.69, 9.17) is 52.0 Å². The number of rotatable bonds is 15. The van der Waals surface area contributed by atoms with Crippen LogP contribution in [0.3, 0.4) is 0 Å². The van der Waals surface area contributed by atoms with Crippen molar-refractivity contribution in [3.63, 3.8) is 0 Å². The second-order valence-electron chi connectivity index (χ2n) is 33.9. The van der Waals surface area contributed by atoms with Gasteiger partial charge in [-0.3, -0.25) is 57.4 Å². The first-order valence-electron chi connectivity index (χ1n) is 43.2. The molecule has 3 saturated heterocycles. The average molecular weight is 2070 g/mol. The molecule has 0 unspecified atom stereocenters. The van der Waals surface area contributed by atoms with E-state index in [1.165, 1.54) is 33.3 Å². The zero-order valence-corrected chi connectivity index (χ0v) is 79.2. The van der Waals surface area contributed by atoms with Crippen LogP contribution in [0.2, 0.25) is 15.1 Å². The fourth-order valence-corrected chi connectivity index (χ4v) is 18.1. The van der Waals surface area contributed by atoms with Gasteiger partial charge in [-0.1, -0.05) is 96.1 Å². The number of nitrogen functional groups attached to an aromatic ring is 3. The number of nitrogens with two attached hydrogens (primary N) is 3. The number of anilines is 6. The number of nitriles is 3. The molecule has 0 spiro atoms. The zero-order chi connectivity index (χ0) is 106. The standard InChI is InChI=1S/3C32H26ClF6N7O2/c3*1-5-19(47)44-8-10-45(11-9-44)29-16-12-18(33)27(20-22(34)21(32(37,38)39)23(35)24(36)25(20)41)43-30(16)46(31(48)17(29)13-40)28-15(4)6-7-42-26(28)14(2)3/h3*5-7,12,14H,1,8-11,41H2,2-4H3. The number of alkyl halides is 9. The Kier molecular flexibility index (Phi) is 29.9. The summed E-state index contributed by atoms with van der Waals surface area (Å²) in [7, 11) is 0. The van der Waals surface area contributed by atoms with Gasteiger partial charge < -0.3 is 46.6 Å². The van der Waals surface area contributed by atoms with E-state index in [1.54, 1.807) is 95.2 Å². The number of nitrogens with zero attached hydrogens (tertiary/aromatic N) is 18. The summed E-state index contributed by atoms with van der Waals surface area (Å²) >= 11 is 19.6. The van der Waals surface area contributed by atoms with E-state index in [1.807, 2.05) is 18.2 Å². The van der Waals surface area contributed by atoms with Crippen molar-refractivity contribution < 1.29 is 93.4 Å². The first-order chi connectivity index (χ1) is 67.6. The summed E-state index contributed by atoms with van der Waals surface area (Å²) in [5, 5.41) is 29.5. The van der Waals surface area contributed by atoms with Crippen molar-refractivity contribution >= 4 is 120 Å². The van der Waals surface area contributed by atoms with Crippen molar-refractivity contribution in [2.75, 3.05) is 110 Å². The molecular weight excluding hydrogens is 1990 g/mol. The molecule has 48 heteroatoms. The summed E-state index contributed by atoms with van der Waals surface area (Å²) < 4.78 is 262. The molecule has 0 atom stereocenters. The number of pyridine rings is 9. The molecule has 144 heavy (non-hydrogen) atoms. The third-order valence-electron chi connectivity index (χ3n) is 24.2. The summed E-state index contributed by atoms with van der Waals surface area (Å²) in [6.45, 7) is 28.0. The van der Waals surface area contributed by atoms with Crippen LogP contribution in [0.1, 0.15) is 126 Å². The molecule has 3 aromatic carbocycles. The quantitative estimate of drug-likeness (QED) is 0.0371. The highest BCUT2D eigenvalue weighted by atomic mass is 35.5. The van der Waals surface area contributed by atoms with E-state index in [2.05, 4.69) is 49.6 Å². The SMILES string of the molecule is C=CC(=O)N1CCN(c2c(C#N)c(=O)n(-c3c(C)ccnc3C(C)C)c3nc(-c4c(N)c(F)c(F)c(C(F)(F)F)c4F)c(Cl)cc23)CC1.C=CC(=O)N1CCN(c2c(C#N)c(=O)n(-c3c(C)ccnc3C(C)C)c3nc(-c4c(N)c(F)c(F)c(C(F)(F)F)c4F)c(Cl)cc23)CC1.C=CC(=O)N1CCN(c2c(C#N)c(=O)n(-c3c(C)ccnc3C(C)C)c3nc(-c4c(N)c(F)c(F)c(C(F)(F)F)c4F)c(Cl)cc23)CC1. The number of piperazine rings is 3. The molecule has 27 nitrogen and oxygen atoms in total. The number of fused-ring (bicyclic) bond motifs is 3. The van der Waals surface area contributed by atoms with Crippen molar-refractivity contribution in [1.82, 2.24) is 58.3 Å². The van der Waals surface area contributed by atoms with Gasteiger partial charge in [-0.2, -0.15) is 55.3 Å². The average Bonchev–Trinajstić information content (AvgIpc) is 0.723. The van der Waals surface area contributed by atoms with E-state index >= 15 is 13.2 Å². The molecule has 12 heterocycles. The molecule has 3 aliphatic rings. The molecule has 0 radical (unpaired) electrons. The van der Waals surface area contributed by atoms with Crippen LogP contribution in [-0.2, 0) is 32.9 Å². The Morgan fingerprint density at radius 2 is 0.590 bits per heavy atom. The number of aromatic nitrogens is 9. The Bertz CT molecular complexity index is 7060. The van der Waals surface area contributed by atoms with E-state index in [0.29, 0.717) is 33.8 Å². The Morgan fingerprint density at radius 1 is 0.375 bits per heavy atom. The topological polar surface area (TPSA) is 363 Å². The largest absolute Gasteiger partial charge is 0.422 e. The van der Waals surface area contributed by atoms with Crippen LogP contribution in [0, 0.1) is 107 Å². The molecule has 12 aromatic rings. The van der Waals surface area contributed by atoms with Gasteiger partial charge in [0.2, 0.25) is 17.7 Å². The second-order valence-corrected chi connectivity index (χ2v) is 35.1. The molecule has 0 aliphatic carbocycles. The third kappa shape index (κ3) is 18.8. The van der Waals surface area contributed by atoms with Crippen LogP contribution >= 0.6 is 34.8 Å². The van der Waals surface area contributed by atoms with Crippen LogP contribution in [0.25, 0.3) is 83.9 Å². The summed E-state index contributed by atoms with van der Waals surface area (Å²) in [6, 6.07) is 14.0. The van der Waals surface area contributed by atoms with Crippen LogP contribution in [-0.4, -0.2) is 155 Å². The third-order valence-corrected chi connectivity index (χ3v) is 25.1. The summed E-state index contributed by atoms with van der Waals surface area (Å²) in [4.78, 5) is 115. The Labute approximate surface area is 819 Å². The summed E-state index contributed by atoms with van der Waals surface area (Å²) in [6.07, 6.45) is -9.09. The minimum atomic E-state index is -5.67. The van der Waals surface area contributed by atoms with Gasteiger partial charge in [-0.15, -0.1) is 0 Å². The fraction of sp³-hybridized carbons (Fsp3) is 0.281. The molecule has 3 amide bonds. The first kappa shape index (κ1) is 106. The van der Waals surface area contributed by atoms with Gasteiger partial charge in [0.15, 0.2) is 34.9 Å². The van der Waals surface area contributed by atoms with Gasteiger partial charge in [0, 0.05) is 113 Å². The lowest BCUT2D eigenvalue weighted by molar-refractivity contribution is -0.143. The number of benzene rings is 3. The molecule has 750 valence electrons. The zero-order valence-electron chi connectivity index (χ0n) is 76.9. The van der Waals surface area contributed by atoms with Gasteiger partial charge in [0.05, 0.1) is 117 Å². The highest BCUT2D eigenvalue weighted by molar-refractivity contribution is 6.35. The van der Waals surface area contributed by atoms with E-state index in [9.17, 15) is 110 Å². The highest BCUT2D eigenvalue weighted by Gasteiger charge is 2.47. The number of hydrogen-bond donors (Lipinski definition) is 3. The van der Waals surface area contributed by atoms with Crippen molar-refractivity contribution in [3.05, 3.63) is 259 Å². The molecule has 15 rings (SSSR count). The first-order valence-corrected chi connectivity index (χ1v) is 44.3. The maximum Gasteiger partial charge on any atom is 0.422 e. The van der Waals surface area contributed by atoms with E-state index in [-0.39, 0.29) is 198 Å².